The molecule has 1 saturated carbocycles. The van der Waals surface area contributed by atoms with Crippen molar-refractivity contribution in [1.82, 2.24) is 0 Å². The van der Waals surface area contributed by atoms with Crippen molar-refractivity contribution in [3.63, 3.8) is 0 Å². The van der Waals surface area contributed by atoms with E-state index in [2.05, 4.69) is 0 Å². The first-order chi connectivity index (χ1) is 15.9. The molecule has 10 heteroatoms. The minimum atomic E-state index is -4.49. The molecule has 3 unspecified atom stereocenters. The van der Waals surface area contributed by atoms with Gasteiger partial charge in [0.25, 0.3) is 0 Å². The molecule has 0 amide bonds. The van der Waals surface area contributed by atoms with Crippen LogP contribution in [0.4, 0.5) is 13.2 Å². The third kappa shape index (κ3) is 5.52. The van der Waals surface area contributed by atoms with E-state index >= 15 is 0 Å². The van der Waals surface area contributed by atoms with Crippen LogP contribution >= 0.6 is 18.1 Å². The Bertz CT molecular complexity index is 1070. The number of methoxy groups -OCH3 is 1. The van der Waals surface area contributed by atoms with Crippen molar-refractivity contribution in [2.45, 2.75) is 57.2 Å². The van der Waals surface area contributed by atoms with Gasteiger partial charge in [-0.1, -0.05) is 18.0 Å². The van der Waals surface area contributed by atoms with Crippen LogP contribution in [0.5, 0.6) is 0 Å². The fourth-order valence-electron chi connectivity index (χ4n) is 5.15. The van der Waals surface area contributed by atoms with Crippen LogP contribution in [0, 0.1) is 12.8 Å². The van der Waals surface area contributed by atoms with Gasteiger partial charge < -0.3 is 18.5 Å². The summed E-state index contributed by atoms with van der Waals surface area (Å²) in [4.78, 5) is 0. The SMILES string of the molecule is COCCC1CCCC2(CC1)OC1=Cc3cc(Cl)cc(C)c3C1=C2OP(C)(=S)OCC(F)(F)F. The Morgan fingerprint density at radius 2 is 2.03 bits per heavy atom. The Morgan fingerprint density at radius 1 is 1.26 bits per heavy atom. The number of fused-ring (bicyclic) bond motifs is 3. The van der Waals surface area contributed by atoms with E-state index in [0.29, 0.717) is 41.9 Å². The van der Waals surface area contributed by atoms with Crippen molar-refractivity contribution in [1.29, 1.82) is 0 Å². The molecule has 0 N–H and O–H groups in total. The molecule has 34 heavy (non-hydrogen) atoms. The fourth-order valence-corrected chi connectivity index (χ4v) is 6.83. The van der Waals surface area contributed by atoms with Gasteiger partial charge in [-0.2, -0.15) is 13.2 Å². The van der Waals surface area contributed by atoms with E-state index in [0.717, 1.165) is 47.9 Å². The van der Waals surface area contributed by atoms with Gasteiger partial charge in [0.05, 0.1) is 5.57 Å². The lowest BCUT2D eigenvalue weighted by Gasteiger charge is -2.33. The van der Waals surface area contributed by atoms with Gasteiger partial charge in [0.2, 0.25) is 6.49 Å². The molecule has 1 aromatic rings. The van der Waals surface area contributed by atoms with Crippen LogP contribution < -0.4 is 0 Å². The predicted molar refractivity (Wildman–Crippen MR) is 131 cm³/mol. The van der Waals surface area contributed by atoms with Gasteiger partial charge >= 0.3 is 6.18 Å². The van der Waals surface area contributed by atoms with Crippen LogP contribution in [-0.2, 0) is 30.3 Å². The summed E-state index contributed by atoms with van der Waals surface area (Å²) in [5, 5.41) is 0.607. The number of hydrogen-bond donors (Lipinski definition) is 0. The highest BCUT2D eigenvalue weighted by Gasteiger charge is 2.51. The zero-order chi connectivity index (χ0) is 24.7. The first-order valence-electron chi connectivity index (χ1n) is 11.4. The van der Waals surface area contributed by atoms with Crippen LogP contribution in [0.1, 0.15) is 55.2 Å². The molecule has 0 bridgehead atoms. The van der Waals surface area contributed by atoms with Crippen molar-refractivity contribution < 1.29 is 31.7 Å². The van der Waals surface area contributed by atoms with E-state index in [-0.39, 0.29) is 0 Å². The maximum Gasteiger partial charge on any atom is 0.412 e. The lowest BCUT2D eigenvalue weighted by Crippen LogP contribution is -2.32. The molecule has 3 aliphatic rings. The summed E-state index contributed by atoms with van der Waals surface area (Å²) in [5.41, 5.74) is 2.77. The molecule has 2 aliphatic carbocycles. The number of aryl methyl sites for hydroxylation is 1. The monoisotopic (exact) mass is 536 g/mol. The summed E-state index contributed by atoms with van der Waals surface area (Å²) in [5.74, 6) is 1.67. The van der Waals surface area contributed by atoms with Gasteiger partial charge in [0, 0.05) is 25.4 Å². The molecule has 0 radical (unpaired) electrons. The number of benzene rings is 1. The van der Waals surface area contributed by atoms with Gasteiger partial charge in [0.1, 0.15) is 5.76 Å². The van der Waals surface area contributed by atoms with Gasteiger partial charge in [-0.15, -0.1) is 0 Å². The van der Waals surface area contributed by atoms with Crippen molar-refractivity contribution in [3.8, 4) is 0 Å². The summed E-state index contributed by atoms with van der Waals surface area (Å²) in [6.07, 6.45) is 2.64. The van der Waals surface area contributed by atoms with Crippen LogP contribution in [0.2, 0.25) is 5.02 Å². The summed E-state index contributed by atoms with van der Waals surface area (Å²) < 4.78 is 61.9. The Labute approximate surface area is 208 Å². The lowest BCUT2D eigenvalue weighted by atomic mass is 9.88. The maximum atomic E-state index is 12.9. The van der Waals surface area contributed by atoms with Gasteiger partial charge in [-0.3, -0.25) is 0 Å². The van der Waals surface area contributed by atoms with E-state index in [1.165, 1.54) is 6.66 Å². The average Bonchev–Trinajstić information content (AvgIpc) is 3.11. The van der Waals surface area contributed by atoms with Gasteiger partial charge in [0.15, 0.2) is 18.0 Å². The van der Waals surface area contributed by atoms with Crippen LogP contribution in [0.3, 0.4) is 0 Å². The second-order valence-electron chi connectivity index (χ2n) is 9.33. The molecule has 1 spiro atoms. The summed E-state index contributed by atoms with van der Waals surface area (Å²) in [7, 11) is 1.70. The van der Waals surface area contributed by atoms with E-state index in [9.17, 15) is 13.2 Å². The number of ether oxygens (including phenoxy) is 2. The molecule has 1 aromatic carbocycles. The third-order valence-electron chi connectivity index (χ3n) is 6.66. The molecular formula is C24H29ClF3O4PS. The van der Waals surface area contributed by atoms with Gasteiger partial charge in [-0.25, -0.2) is 0 Å². The van der Waals surface area contributed by atoms with Crippen molar-refractivity contribution in [2.24, 2.45) is 5.92 Å². The van der Waals surface area contributed by atoms with E-state index in [1.54, 1.807) is 7.11 Å². The summed E-state index contributed by atoms with van der Waals surface area (Å²) in [6, 6.07) is 3.72. The van der Waals surface area contributed by atoms with Crippen LogP contribution in [0.25, 0.3) is 11.6 Å². The number of rotatable bonds is 7. The van der Waals surface area contributed by atoms with Crippen LogP contribution in [-0.4, -0.2) is 38.8 Å². The normalized spacial score (nSPS) is 26.0. The highest BCUT2D eigenvalue weighted by molar-refractivity contribution is 8.09. The number of alkyl halides is 3. The second kappa shape index (κ2) is 9.78. The van der Waals surface area contributed by atoms with E-state index < -0.39 is 24.9 Å². The molecule has 0 saturated heterocycles. The molecule has 0 aromatic heterocycles. The quantitative estimate of drug-likeness (QED) is 0.335. The Morgan fingerprint density at radius 3 is 2.74 bits per heavy atom. The molecular weight excluding hydrogens is 508 g/mol. The van der Waals surface area contributed by atoms with Crippen LogP contribution in [0.15, 0.2) is 23.7 Å². The Balaban J connectivity index is 1.73. The van der Waals surface area contributed by atoms with Gasteiger partial charge in [-0.05, 0) is 91.7 Å². The molecule has 188 valence electrons. The zero-order valence-electron chi connectivity index (χ0n) is 19.5. The number of halogens is 4. The molecule has 4 rings (SSSR count). The Kier molecular flexibility index (Phi) is 7.48. The molecule has 1 heterocycles. The first kappa shape index (κ1) is 26.0. The van der Waals surface area contributed by atoms with Crippen molar-refractivity contribution >= 4 is 41.5 Å². The Hall–Kier alpha value is -1.05. The molecule has 3 atom stereocenters. The third-order valence-corrected chi connectivity index (χ3v) is 8.53. The van der Waals surface area contributed by atoms with E-state index in [1.807, 2.05) is 25.1 Å². The smallest absolute Gasteiger partial charge is 0.412 e. The minimum absolute atomic E-state index is 0.489. The lowest BCUT2D eigenvalue weighted by molar-refractivity contribution is -0.153. The molecule has 4 nitrogen and oxygen atoms in total. The van der Waals surface area contributed by atoms with E-state index in [4.69, 9.17) is 41.9 Å². The first-order valence-corrected chi connectivity index (χ1v) is 14.8. The molecule has 1 aliphatic heterocycles. The molecule has 1 fully saturated rings. The number of hydrogen-bond acceptors (Lipinski definition) is 5. The van der Waals surface area contributed by atoms with Crippen molar-refractivity contribution in [2.75, 3.05) is 27.0 Å². The minimum Gasteiger partial charge on any atom is -0.479 e. The summed E-state index contributed by atoms with van der Waals surface area (Å²) in [6.45, 7) is -0.609. The highest BCUT2D eigenvalue weighted by Crippen LogP contribution is 2.60. The maximum absolute atomic E-state index is 12.9. The largest absolute Gasteiger partial charge is 0.479 e. The fraction of sp³-hybridized carbons (Fsp3) is 0.583. The predicted octanol–water partition coefficient (Wildman–Crippen LogP) is 7.63. The topological polar surface area (TPSA) is 36.9 Å². The highest BCUT2D eigenvalue weighted by atomic mass is 35.5. The zero-order valence-corrected chi connectivity index (χ0v) is 21.9. The van der Waals surface area contributed by atoms with Crippen molar-refractivity contribution in [3.05, 3.63) is 45.4 Å². The second-order valence-corrected chi connectivity index (χ2v) is 13.7. The average molecular weight is 537 g/mol. The number of allylic oxidation sites excluding steroid dienone is 1. The standard InChI is InChI=1S/C24H29ClF3O4PS/c1-15-11-18(25)12-17-13-19-21(20(15)17)22(32-33(3,34)30-14-24(26,27)28)23(31-19)8-4-5-16(6-9-23)7-10-29-2/h11-13,16H,4-10,14H2,1-3H3. The summed E-state index contributed by atoms with van der Waals surface area (Å²) >= 11 is 11.7.